The molecule has 0 unspecified atom stereocenters. The first kappa shape index (κ1) is 7.97. The van der Waals surface area contributed by atoms with Gasteiger partial charge in [0, 0.05) is 20.0 Å². The van der Waals surface area contributed by atoms with Crippen LogP contribution in [-0.2, 0) is 13.0 Å². The molecule has 11 heavy (non-hydrogen) atoms. The quantitative estimate of drug-likeness (QED) is 0.670. The predicted molar refractivity (Wildman–Crippen MR) is 37.2 cm³/mol. The zero-order chi connectivity index (χ0) is 8.65. The summed E-state index contributed by atoms with van der Waals surface area (Å²) in [6.45, 7) is 0.786. The van der Waals surface area contributed by atoms with Gasteiger partial charge in [-0.1, -0.05) is 0 Å². The minimum atomic E-state index is -2.91. The van der Waals surface area contributed by atoms with Gasteiger partial charge in [0.2, 0.25) is 0 Å². The van der Waals surface area contributed by atoms with Gasteiger partial charge in [0.25, 0.3) is 5.92 Å². The number of aromatic nitrogens is 2. The number of aryl methyl sites for hydroxylation is 1. The third kappa shape index (κ3) is 1.47. The fourth-order valence-electron chi connectivity index (χ4n) is 0.696. The second kappa shape index (κ2) is 2.18. The van der Waals surface area contributed by atoms with Crippen LogP contribution in [0.25, 0.3) is 0 Å². The number of rotatable bonds is 1. The maximum atomic E-state index is 12.5. The Hall–Kier alpha value is -1.13. The molecule has 0 saturated heterocycles. The van der Waals surface area contributed by atoms with Crippen molar-refractivity contribution in [3.05, 3.63) is 11.8 Å². The molecular weight excluding hydrogens is 152 g/mol. The summed E-state index contributed by atoms with van der Waals surface area (Å²) in [4.78, 5) is 0. The SMILES string of the molecule is Cn1nc(C(C)(F)F)cc1N. The van der Waals surface area contributed by atoms with Gasteiger partial charge in [-0.2, -0.15) is 13.9 Å². The van der Waals surface area contributed by atoms with E-state index in [0.29, 0.717) is 0 Å². The van der Waals surface area contributed by atoms with E-state index >= 15 is 0 Å². The van der Waals surface area contributed by atoms with E-state index in [4.69, 9.17) is 5.73 Å². The molecule has 0 radical (unpaired) electrons. The summed E-state index contributed by atoms with van der Waals surface area (Å²) >= 11 is 0. The summed E-state index contributed by atoms with van der Waals surface area (Å²) in [6.07, 6.45) is 0. The first-order chi connectivity index (χ1) is 4.91. The molecule has 0 atom stereocenters. The highest BCUT2D eigenvalue weighted by atomic mass is 19.3. The van der Waals surface area contributed by atoms with Crippen LogP contribution in [-0.4, -0.2) is 9.78 Å². The van der Waals surface area contributed by atoms with Gasteiger partial charge in [-0.3, -0.25) is 4.68 Å². The molecule has 62 valence electrons. The van der Waals surface area contributed by atoms with E-state index in [0.717, 1.165) is 6.92 Å². The van der Waals surface area contributed by atoms with Crippen molar-refractivity contribution in [3.8, 4) is 0 Å². The molecule has 0 bridgehead atoms. The summed E-state index contributed by atoms with van der Waals surface area (Å²) in [7, 11) is 1.52. The van der Waals surface area contributed by atoms with Crippen LogP contribution in [0.2, 0.25) is 0 Å². The van der Waals surface area contributed by atoms with Gasteiger partial charge >= 0.3 is 0 Å². The van der Waals surface area contributed by atoms with E-state index in [2.05, 4.69) is 5.10 Å². The van der Waals surface area contributed by atoms with Gasteiger partial charge in [-0.25, -0.2) is 0 Å². The van der Waals surface area contributed by atoms with E-state index in [1.807, 2.05) is 0 Å². The summed E-state index contributed by atoms with van der Waals surface area (Å²) in [5, 5.41) is 3.52. The standard InChI is InChI=1S/C6H9F2N3/c1-6(7,8)4-3-5(9)11(2)10-4/h3H,9H2,1-2H3. The lowest BCUT2D eigenvalue weighted by atomic mass is 10.3. The Morgan fingerprint density at radius 1 is 1.64 bits per heavy atom. The van der Waals surface area contributed by atoms with Gasteiger partial charge in [-0.15, -0.1) is 0 Å². The molecule has 0 aliphatic heterocycles. The lowest BCUT2D eigenvalue weighted by molar-refractivity contribution is 0.0122. The van der Waals surface area contributed by atoms with E-state index < -0.39 is 5.92 Å². The maximum absolute atomic E-state index is 12.5. The zero-order valence-electron chi connectivity index (χ0n) is 6.31. The average Bonchev–Trinajstić information content (AvgIpc) is 2.11. The minimum absolute atomic E-state index is 0.238. The number of nitrogen functional groups attached to an aromatic ring is 1. The number of nitrogens with zero attached hydrogens (tertiary/aromatic N) is 2. The van der Waals surface area contributed by atoms with Gasteiger partial charge in [-0.05, 0) is 0 Å². The van der Waals surface area contributed by atoms with Crippen LogP contribution in [0.15, 0.2) is 6.07 Å². The lowest BCUT2D eigenvalue weighted by Crippen LogP contribution is -2.08. The largest absolute Gasteiger partial charge is 0.384 e. The molecular formula is C6H9F2N3. The van der Waals surface area contributed by atoms with E-state index in [-0.39, 0.29) is 11.5 Å². The molecule has 0 saturated carbocycles. The molecule has 3 nitrogen and oxygen atoms in total. The van der Waals surface area contributed by atoms with Crippen LogP contribution in [0.5, 0.6) is 0 Å². The highest BCUT2D eigenvalue weighted by Gasteiger charge is 2.27. The number of anilines is 1. The summed E-state index contributed by atoms with van der Waals surface area (Å²) in [5.74, 6) is -2.67. The van der Waals surface area contributed by atoms with Crippen LogP contribution in [0, 0.1) is 0 Å². The Morgan fingerprint density at radius 3 is 2.36 bits per heavy atom. The van der Waals surface area contributed by atoms with E-state index in [1.165, 1.54) is 17.8 Å². The summed E-state index contributed by atoms with van der Waals surface area (Å²) < 4.78 is 26.2. The molecule has 5 heteroatoms. The topological polar surface area (TPSA) is 43.8 Å². The Labute approximate surface area is 62.8 Å². The van der Waals surface area contributed by atoms with Crippen molar-refractivity contribution >= 4 is 5.82 Å². The molecule has 1 rings (SSSR count). The van der Waals surface area contributed by atoms with Crippen LogP contribution in [0.3, 0.4) is 0 Å². The van der Waals surface area contributed by atoms with Crippen molar-refractivity contribution < 1.29 is 8.78 Å². The molecule has 0 fully saturated rings. The van der Waals surface area contributed by atoms with Crippen molar-refractivity contribution in [1.82, 2.24) is 9.78 Å². The fourth-order valence-corrected chi connectivity index (χ4v) is 0.696. The number of alkyl halides is 2. The number of halogens is 2. The highest BCUT2D eigenvalue weighted by Crippen LogP contribution is 2.26. The van der Waals surface area contributed by atoms with Gasteiger partial charge in [0.1, 0.15) is 11.5 Å². The smallest absolute Gasteiger partial charge is 0.288 e. The Balaban J connectivity index is 3.08. The van der Waals surface area contributed by atoms with Crippen molar-refractivity contribution in [2.45, 2.75) is 12.8 Å². The van der Waals surface area contributed by atoms with Crippen LogP contribution < -0.4 is 5.73 Å². The van der Waals surface area contributed by atoms with E-state index in [1.54, 1.807) is 0 Å². The number of nitrogens with two attached hydrogens (primary N) is 1. The second-order valence-corrected chi connectivity index (χ2v) is 2.47. The summed E-state index contributed by atoms with van der Waals surface area (Å²) in [6, 6.07) is 1.17. The van der Waals surface area contributed by atoms with Crippen LogP contribution >= 0.6 is 0 Å². The second-order valence-electron chi connectivity index (χ2n) is 2.47. The lowest BCUT2D eigenvalue weighted by Gasteiger charge is -2.03. The molecule has 0 amide bonds. The number of hydrogen-bond acceptors (Lipinski definition) is 2. The van der Waals surface area contributed by atoms with E-state index in [9.17, 15) is 8.78 Å². The Kier molecular flexibility index (Phi) is 1.58. The van der Waals surface area contributed by atoms with Crippen LogP contribution in [0.1, 0.15) is 12.6 Å². The number of hydrogen-bond donors (Lipinski definition) is 1. The third-order valence-electron chi connectivity index (χ3n) is 1.37. The molecule has 1 heterocycles. The van der Waals surface area contributed by atoms with Gasteiger partial charge in [0.05, 0.1) is 0 Å². The van der Waals surface area contributed by atoms with Crippen molar-refractivity contribution in [1.29, 1.82) is 0 Å². The molecule has 0 aliphatic carbocycles. The van der Waals surface area contributed by atoms with Crippen molar-refractivity contribution in [2.75, 3.05) is 5.73 Å². The Bertz CT molecular complexity index is 242. The monoisotopic (exact) mass is 161 g/mol. The van der Waals surface area contributed by atoms with Crippen molar-refractivity contribution in [3.63, 3.8) is 0 Å². The zero-order valence-corrected chi connectivity index (χ0v) is 6.31. The highest BCUT2D eigenvalue weighted by molar-refractivity contribution is 5.31. The summed E-state index contributed by atoms with van der Waals surface area (Å²) in [5.41, 5.74) is 5.01. The molecule has 1 aromatic rings. The molecule has 0 aliphatic rings. The maximum Gasteiger partial charge on any atom is 0.288 e. The fraction of sp³-hybridized carbons (Fsp3) is 0.500. The Morgan fingerprint density at radius 2 is 2.18 bits per heavy atom. The molecule has 2 N–H and O–H groups in total. The van der Waals surface area contributed by atoms with Gasteiger partial charge < -0.3 is 5.73 Å². The first-order valence-corrected chi connectivity index (χ1v) is 3.09. The third-order valence-corrected chi connectivity index (χ3v) is 1.37. The molecule has 0 spiro atoms. The van der Waals surface area contributed by atoms with Gasteiger partial charge in [0.15, 0.2) is 0 Å². The molecule has 0 aromatic carbocycles. The minimum Gasteiger partial charge on any atom is -0.384 e. The first-order valence-electron chi connectivity index (χ1n) is 3.09. The normalized spacial score (nSPS) is 12.0. The average molecular weight is 161 g/mol. The van der Waals surface area contributed by atoms with Crippen LogP contribution in [0.4, 0.5) is 14.6 Å². The molecule has 1 aromatic heterocycles. The predicted octanol–water partition coefficient (Wildman–Crippen LogP) is 1.11. The van der Waals surface area contributed by atoms with Crippen molar-refractivity contribution in [2.24, 2.45) is 7.05 Å².